The third-order valence-corrected chi connectivity index (χ3v) is 4.93. The number of amides is 2. The summed E-state index contributed by atoms with van der Waals surface area (Å²) in [6, 6.07) is 3.88. The molecule has 2 heterocycles. The van der Waals surface area contributed by atoms with Crippen molar-refractivity contribution in [3.8, 4) is 5.75 Å². The van der Waals surface area contributed by atoms with E-state index in [0.717, 1.165) is 12.8 Å². The van der Waals surface area contributed by atoms with Crippen LogP contribution < -0.4 is 10.5 Å². The van der Waals surface area contributed by atoms with Crippen LogP contribution in [-0.4, -0.2) is 74.2 Å². The van der Waals surface area contributed by atoms with E-state index in [-0.39, 0.29) is 29.9 Å². The summed E-state index contributed by atoms with van der Waals surface area (Å²) in [6.07, 6.45) is 1.49. The van der Waals surface area contributed by atoms with Crippen molar-refractivity contribution in [3.05, 3.63) is 29.6 Å². The second kappa shape index (κ2) is 9.14. The maximum atomic E-state index is 13.7. The molecule has 2 saturated heterocycles. The van der Waals surface area contributed by atoms with Gasteiger partial charge in [-0.3, -0.25) is 9.59 Å². The first-order valence-corrected chi connectivity index (χ1v) is 9.38. The lowest BCUT2D eigenvalue weighted by atomic mass is 9.95. The van der Waals surface area contributed by atoms with Gasteiger partial charge >= 0.3 is 0 Å². The van der Waals surface area contributed by atoms with Crippen LogP contribution in [0.3, 0.4) is 0 Å². The number of carbonyl (C=O) groups excluding carboxylic acids is 2. The molecule has 1 aromatic rings. The molecule has 2 fully saturated rings. The van der Waals surface area contributed by atoms with Gasteiger partial charge in [0.25, 0.3) is 5.91 Å². The normalized spacial score (nSPS) is 20.4. The number of morpholine rings is 1. The summed E-state index contributed by atoms with van der Waals surface area (Å²) in [6.45, 7) is 3.68. The number of carbonyl (C=O) groups is 2. The van der Waals surface area contributed by atoms with Crippen molar-refractivity contribution in [1.82, 2.24) is 9.80 Å². The van der Waals surface area contributed by atoms with E-state index in [9.17, 15) is 14.0 Å². The number of likely N-dealkylation sites (tertiary alicyclic amines) is 1. The minimum absolute atomic E-state index is 0.0645. The number of halogens is 1. The van der Waals surface area contributed by atoms with Crippen molar-refractivity contribution < 1.29 is 23.5 Å². The molecule has 2 N–H and O–H groups in total. The van der Waals surface area contributed by atoms with Crippen LogP contribution in [0, 0.1) is 11.7 Å². The Bertz CT molecular complexity index is 679. The molecule has 0 saturated carbocycles. The number of hydrogen-bond donors (Lipinski definition) is 1. The minimum atomic E-state index is -0.503. The van der Waals surface area contributed by atoms with Gasteiger partial charge in [0, 0.05) is 32.7 Å². The van der Waals surface area contributed by atoms with Crippen molar-refractivity contribution in [2.24, 2.45) is 11.7 Å². The van der Waals surface area contributed by atoms with E-state index in [2.05, 4.69) is 0 Å². The fraction of sp³-hybridized carbons (Fsp3) is 0.579. The summed E-state index contributed by atoms with van der Waals surface area (Å²) in [5.41, 5.74) is 5.62. The van der Waals surface area contributed by atoms with E-state index in [0.29, 0.717) is 51.7 Å². The van der Waals surface area contributed by atoms with Gasteiger partial charge in [0.15, 0.2) is 0 Å². The summed E-state index contributed by atoms with van der Waals surface area (Å²) in [5, 5.41) is 0. The fourth-order valence-corrected chi connectivity index (χ4v) is 3.54. The molecule has 2 amide bonds. The van der Waals surface area contributed by atoms with E-state index >= 15 is 0 Å². The molecule has 2 aliphatic rings. The lowest BCUT2D eigenvalue weighted by Gasteiger charge is -2.36. The molecule has 0 radical (unpaired) electrons. The molecule has 0 unspecified atom stereocenters. The number of rotatable bonds is 5. The number of nitrogens with two attached hydrogens (primary N) is 1. The van der Waals surface area contributed by atoms with Crippen LogP contribution >= 0.6 is 0 Å². The molecule has 148 valence electrons. The lowest BCUT2D eigenvalue weighted by molar-refractivity contribution is -0.141. The predicted molar refractivity (Wildman–Crippen MR) is 97.0 cm³/mol. The second-order valence-electron chi connectivity index (χ2n) is 6.81. The van der Waals surface area contributed by atoms with Gasteiger partial charge in [-0.2, -0.15) is 0 Å². The zero-order valence-electron chi connectivity index (χ0n) is 15.4. The lowest BCUT2D eigenvalue weighted by Crippen LogP contribution is -2.49. The number of ether oxygens (including phenoxy) is 2. The summed E-state index contributed by atoms with van der Waals surface area (Å²) >= 11 is 0. The average Bonchev–Trinajstić information content (AvgIpc) is 2.72. The SMILES string of the molecule is NCCOc1ccc(F)cc1C(=O)N1CCC[C@H](C(=O)N2CCOCC2)C1. The Hall–Kier alpha value is -2.19. The molecule has 7 nitrogen and oxygen atoms in total. The summed E-state index contributed by atoms with van der Waals surface area (Å²) in [7, 11) is 0. The fourth-order valence-electron chi connectivity index (χ4n) is 3.54. The highest BCUT2D eigenvalue weighted by molar-refractivity contribution is 5.97. The van der Waals surface area contributed by atoms with E-state index < -0.39 is 5.82 Å². The quantitative estimate of drug-likeness (QED) is 0.821. The van der Waals surface area contributed by atoms with Crippen molar-refractivity contribution in [2.45, 2.75) is 12.8 Å². The maximum absolute atomic E-state index is 13.7. The number of benzene rings is 1. The van der Waals surface area contributed by atoms with Gasteiger partial charge in [0.05, 0.1) is 24.7 Å². The van der Waals surface area contributed by atoms with Gasteiger partial charge < -0.3 is 25.0 Å². The third-order valence-electron chi connectivity index (χ3n) is 4.93. The Morgan fingerprint density at radius 3 is 2.74 bits per heavy atom. The molecule has 1 atom stereocenters. The van der Waals surface area contributed by atoms with E-state index in [1.54, 1.807) is 9.80 Å². The molecule has 3 rings (SSSR count). The van der Waals surface area contributed by atoms with Crippen LogP contribution in [-0.2, 0) is 9.53 Å². The van der Waals surface area contributed by atoms with Crippen molar-refractivity contribution in [3.63, 3.8) is 0 Å². The Morgan fingerprint density at radius 1 is 1.22 bits per heavy atom. The Kier molecular flexibility index (Phi) is 6.63. The van der Waals surface area contributed by atoms with Gasteiger partial charge in [0.2, 0.25) is 5.91 Å². The van der Waals surface area contributed by atoms with Crippen LogP contribution in [0.5, 0.6) is 5.75 Å². The van der Waals surface area contributed by atoms with Gasteiger partial charge in [0.1, 0.15) is 18.2 Å². The van der Waals surface area contributed by atoms with Crippen molar-refractivity contribution in [1.29, 1.82) is 0 Å². The smallest absolute Gasteiger partial charge is 0.257 e. The second-order valence-corrected chi connectivity index (χ2v) is 6.81. The Labute approximate surface area is 158 Å². The van der Waals surface area contributed by atoms with E-state index in [1.165, 1.54) is 18.2 Å². The Balaban J connectivity index is 1.71. The monoisotopic (exact) mass is 379 g/mol. The Morgan fingerprint density at radius 2 is 2.00 bits per heavy atom. The van der Waals surface area contributed by atoms with Crippen LogP contribution in [0.2, 0.25) is 0 Å². The standard InChI is InChI=1S/C19H26FN3O4/c20-15-3-4-17(27-9-5-21)16(12-15)19(25)23-6-1-2-14(13-23)18(24)22-7-10-26-11-8-22/h3-4,12,14H,1-2,5-11,13,21H2/t14-/m0/s1. The van der Waals surface area contributed by atoms with E-state index in [1.807, 2.05) is 0 Å². The average molecular weight is 379 g/mol. The zero-order chi connectivity index (χ0) is 19.2. The van der Waals surface area contributed by atoms with Gasteiger partial charge in [-0.05, 0) is 31.0 Å². The van der Waals surface area contributed by atoms with Crippen LogP contribution in [0.1, 0.15) is 23.2 Å². The molecule has 8 heteroatoms. The number of piperidine rings is 1. The molecule has 1 aromatic carbocycles. The molecular formula is C19H26FN3O4. The molecule has 0 aromatic heterocycles. The summed E-state index contributed by atoms with van der Waals surface area (Å²) < 4.78 is 24.5. The molecular weight excluding hydrogens is 353 g/mol. The number of hydrogen-bond acceptors (Lipinski definition) is 5. The van der Waals surface area contributed by atoms with E-state index in [4.69, 9.17) is 15.2 Å². The summed E-state index contributed by atoms with van der Waals surface area (Å²) in [4.78, 5) is 29.2. The van der Waals surface area contributed by atoms with Crippen LogP contribution in [0.15, 0.2) is 18.2 Å². The molecule has 0 aliphatic carbocycles. The molecule has 27 heavy (non-hydrogen) atoms. The highest BCUT2D eigenvalue weighted by Gasteiger charge is 2.33. The molecule has 2 aliphatic heterocycles. The molecule has 0 spiro atoms. The summed E-state index contributed by atoms with van der Waals surface area (Å²) in [5.74, 6) is -0.678. The zero-order valence-corrected chi connectivity index (χ0v) is 15.4. The predicted octanol–water partition coefficient (Wildman–Crippen LogP) is 0.874. The highest BCUT2D eigenvalue weighted by atomic mass is 19.1. The van der Waals surface area contributed by atoms with Crippen molar-refractivity contribution >= 4 is 11.8 Å². The number of nitrogens with zero attached hydrogens (tertiary/aromatic N) is 2. The third kappa shape index (κ3) is 4.75. The largest absolute Gasteiger partial charge is 0.491 e. The first kappa shape index (κ1) is 19.6. The topological polar surface area (TPSA) is 85.1 Å². The van der Waals surface area contributed by atoms with Crippen molar-refractivity contribution in [2.75, 3.05) is 52.5 Å². The van der Waals surface area contributed by atoms with Crippen LogP contribution in [0.4, 0.5) is 4.39 Å². The first-order valence-electron chi connectivity index (χ1n) is 9.38. The molecule has 0 bridgehead atoms. The minimum Gasteiger partial charge on any atom is -0.491 e. The van der Waals surface area contributed by atoms with Crippen LogP contribution in [0.25, 0.3) is 0 Å². The first-order chi connectivity index (χ1) is 13.1. The maximum Gasteiger partial charge on any atom is 0.257 e. The van der Waals surface area contributed by atoms with Gasteiger partial charge in [-0.25, -0.2) is 4.39 Å². The highest BCUT2D eigenvalue weighted by Crippen LogP contribution is 2.26. The van der Waals surface area contributed by atoms with Gasteiger partial charge in [-0.1, -0.05) is 0 Å². The van der Waals surface area contributed by atoms with Gasteiger partial charge in [-0.15, -0.1) is 0 Å².